The molecule has 1 unspecified atom stereocenters. The number of ether oxygens (including phenoxy) is 1. The Hall–Kier alpha value is -4.10. The number of nitro groups is 1. The van der Waals surface area contributed by atoms with Crippen LogP contribution in [0.15, 0.2) is 77.1 Å². The zero-order chi connectivity index (χ0) is 33.3. The van der Waals surface area contributed by atoms with Crippen LogP contribution < -0.4 is 22.1 Å². The zero-order valence-corrected chi connectivity index (χ0v) is 27.1. The molecule has 0 aliphatic carbocycles. The standard InChI is InChI=1S/C34H47N7O5/c1-24-29(32(36)42)30(25-10-12-27(13-11-25)41(44)45)31(28(38-24)22-46-21-16-35)33(43)37-17-7-18-40-19-14-34(15-20-40,23-39(2)3)26-8-5-4-6-9-26/h4-6,8-13,30,38H,7,14-23,35H2,1-3H3,(H2,36,42)(H,37,43). The maximum absolute atomic E-state index is 13.9. The van der Waals surface area contributed by atoms with Crippen LogP contribution in [-0.4, -0.2) is 93.1 Å². The van der Waals surface area contributed by atoms with E-state index in [9.17, 15) is 19.7 Å². The first kappa shape index (κ1) is 34.8. The number of amides is 2. The maximum atomic E-state index is 13.9. The van der Waals surface area contributed by atoms with Crippen LogP contribution in [0.2, 0.25) is 0 Å². The summed E-state index contributed by atoms with van der Waals surface area (Å²) in [5.74, 6) is -1.88. The number of hydrogen-bond donors (Lipinski definition) is 4. The predicted octanol–water partition coefficient (Wildman–Crippen LogP) is 2.37. The first-order valence-corrected chi connectivity index (χ1v) is 15.8. The third-order valence-corrected chi connectivity index (χ3v) is 8.86. The van der Waals surface area contributed by atoms with Crippen molar-refractivity contribution in [3.63, 3.8) is 0 Å². The van der Waals surface area contributed by atoms with E-state index in [4.69, 9.17) is 16.2 Å². The van der Waals surface area contributed by atoms with Crippen LogP contribution in [0.3, 0.4) is 0 Å². The molecule has 0 saturated carbocycles. The van der Waals surface area contributed by atoms with Crippen LogP contribution in [0.4, 0.5) is 5.69 Å². The fourth-order valence-corrected chi connectivity index (χ4v) is 6.72. The first-order valence-electron chi connectivity index (χ1n) is 15.8. The predicted molar refractivity (Wildman–Crippen MR) is 178 cm³/mol. The second-order valence-corrected chi connectivity index (χ2v) is 12.4. The van der Waals surface area contributed by atoms with Crippen molar-refractivity contribution in [3.8, 4) is 0 Å². The summed E-state index contributed by atoms with van der Waals surface area (Å²) in [6.07, 6.45) is 2.87. The number of benzene rings is 2. The molecule has 0 bridgehead atoms. The van der Waals surface area contributed by atoms with E-state index in [1.165, 1.54) is 17.7 Å². The van der Waals surface area contributed by atoms with Crippen molar-refractivity contribution in [3.05, 3.63) is 98.4 Å². The van der Waals surface area contributed by atoms with Gasteiger partial charge in [-0.15, -0.1) is 0 Å². The maximum Gasteiger partial charge on any atom is 0.269 e. The largest absolute Gasteiger partial charge is 0.374 e. The Morgan fingerprint density at radius 1 is 1.11 bits per heavy atom. The highest BCUT2D eigenvalue weighted by Crippen LogP contribution is 2.39. The number of nitrogens with one attached hydrogen (secondary N) is 2. The van der Waals surface area contributed by atoms with Gasteiger partial charge in [-0.25, -0.2) is 0 Å². The molecule has 46 heavy (non-hydrogen) atoms. The molecular formula is C34H47N7O5. The molecule has 0 radical (unpaired) electrons. The summed E-state index contributed by atoms with van der Waals surface area (Å²) in [5.41, 5.74) is 14.9. The number of nitrogens with two attached hydrogens (primary N) is 2. The number of likely N-dealkylation sites (tertiary alicyclic amines) is 1. The second-order valence-electron chi connectivity index (χ2n) is 12.4. The molecular weight excluding hydrogens is 586 g/mol. The molecule has 12 heteroatoms. The minimum absolute atomic E-state index is 0.0662. The van der Waals surface area contributed by atoms with Gasteiger partial charge >= 0.3 is 0 Å². The molecule has 2 aromatic rings. The summed E-state index contributed by atoms with van der Waals surface area (Å²) >= 11 is 0. The number of piperidine rings is 1. The summed E-state index contributed by atoms with van der Waals surface area (Å²) in [6, 6.07) is 16.6. The van der Waals surface area contributed by atoms with Crippen molar-refractivity contribution >= 4 is 17.5 Å². The molecule has 1 saturated heterocycles. The van der Waals surface area contributed by atoms with Gasteiger partial charge in [0.05, 0.1) is 29.4 Å². The number of carbonyl (C=O) groups excluding carboxylic acids is 2. The Balaban J connectivity index is 1.46. The molecule has 2 aromatic carbocycles. The molecule has 0 spiro atoms. The van der Waals surface area contributed by atoms with Gasteiger partial charge in [0.25, 0.3) is 5.69 Å². The van der Waals surface area contributed by atoms with Crippen LogP contribution in [0.5, 0.6) is 0 Å². The Kier molecular flexibility index (Phi) is 12.1. The number of nitro benzene ring substituents is 1. The van der Waals surface area contributed by atoms with E-state index in [0.29, 0.717) is 35.6 Å². The van der Waals surface area contributed by atoms with Crippen molar-refractivity contribution in [2.24, 2.45) is 11.5 Å². The number of primary amides is 1. The Morgan fingerprint density at radius 2 is 1.78 bits per heavy atom. The van der Waals surface area contributed by atoms with Gasteiger partial charge in [-0.05, 0) is 71.0 Å². The minimum Gasteiger partial charge on any atom is -0.374 e. The zero-order valence-electron chi connectivity index (χ0n) is 27.1. The number of carbonyl (C=O) groups is 2. The lowest BCUT2D eigenvalue weighted by molar-refractivity contribution is -0.384. The Labute approximate surface area is 271 Å². The topological polar surface area (TPSA) is 169 Å². The van der Waals surface area contributed by atoms with Gasteiger partial charge in [0.2, 0.25) is 11.8 Å². The molecule has 6 N–H and O–H groups in total. The molecule has 12 nitrogen and oxygen atoms in total. The molecule has 1 atom stereocenters. The lowest BCUT2D eigenvalue weighted by Crippen LogP contribution is -2.48. The first-order chi connectivity index (χ1) is 22.1. The van der Waals surface area contributed by atoms with Crippen LogP contribution in [0, 0.1) is 10.1 Å². The number of dihydropyridines is 1. The lowest BCUT2D eigenvalue weighted by Gasteiger charge is -2.44. The van der Waals surface area contributed by atoms with Gasteiger partial charge in [-0.3, -0.25) is 19.7 Å². The SMILES string of the molecule is CC1=C(C(N)=O)C(c2ccc([N+](=O)[O-])cc2)C(C(=O)NCCCN2CCC(CN(C)C)(c3ccccc3)CC2)=C(COCCN)N1. The molecule has 248 valence electrons. The van der Waals surface area contributed by atoms with Crippen LogP contribution >= 0.6 is 0 Å². The monoisotopic (exact) mass is 633 g/mol. The van der Waals surface area contributed by atoms with Crippen LogP contribution in [0.25, 0.3) is 0 Å². The number of allylic oxidation sites excluding steroid dienone is 1. The quantitative estimate of drug-likeness (QED) is 0.131. The molecule has 2 aliphatic heterocycles. The molecule has 1 fully saturated rings. The summed E-state index contributed by atoms with van der Waals surface area (Å²) < 4.78 is 5.70. The van der Waals surface area contributed by atoms with Crippen molar-refractivity contribution < 1.29 is 19.2 Å². The van der Waals surface area contributed by atoms with E-state index in [2.05, 4.69) is 64.9 Å². The third-order valence-electron chi connectivity index (χ3n) is 8.86. The van der Waals surface area contributed by atoms with E-state index in [1.54, 1.807) is 19.1 Å². The number of likely N-dealkylation sites (N-methyl/N-ethyl adjacent to an activating group) is 1. The van der Waals surface area contributed by atoms with Crippen molar-refractivity contribution in [1.82, 2.24) is 20.4 Å². The van der Waals surface area contributed by atoms with Crippen LogP contribution in [-0.2, 0) is 19.7 Å². The number of rotatable bonds is 15. The molecule has 2 amide bonds. The Bertz CT molecular complexity index is 1430. The van der Waals surface area contributed by atoms with Gasteiger partial charge in [0, 0.05) is 54.4 Å². The normalized spacial score (nSPS) is 18.4. The summed E-state index contributed by atoms with van der Waals surface area (Å²) in [7, 11) is 4.25. The van der Waals surface area contributed by atoms with Crippen molar-refractivity contribution in [2.75, 3.05) is 66.6 Å². The highest BCUT2D eigenvalue weighted by Gasteiger charge is 2.38. The van der Waals surface area contributed by atoms with Crippen molar-refractivity contribution in [1.29, 1.82) is 0 Å². The van der Waals surface area contributed by atoms with Crippen molar-refractivity contribution in [2.45, 2.75) is 37.5 Å². The number of non-ortho nitro benzene ring substituents is 1. The van der Waals surface area contributed by atoms with E-state index >= 15 is 0 Å². The van der Waals surface area contributed by atoms with E-state index in [0.717, 1.165) is 45.4 Å². The fourth-order valence-electron chi connectivity index (χ4n) is 6.72. The highest BCUT2D eigenvalue weighted by atomic mass is 16.6. The van der Waals surface area contributed by atoms with E-state index < -0.39 is 16.7 Å². The average molecular weight is 634 g/mol. The van der Waals surface area contributed by atoms with Gasteiger partial charge in [-0.1, -0.05) is 42.5 Å². The summed E-state index contributed by atoms with van der Waals surface area (Å²) in [4.78, 5) is 42.1. The van der Waals surface area contributed by atoms with Gasteiger partial charge in [-0.2, -0.15) is 0 Å². The summed E-state index contributed by atoms with van der Waals surface area (Å²) in [6.45, 7) is 6.58. The molecule has 4 rings (SSSR count). The van der Waals surface area contributed by atoms with E-state index in [1.807, 2.05) is 0 Å². The van der Waals surface area contributed by atoms with Crippen LogP contribution in [0.1, 0.15) is 43.2 Å². The van der Waals surface area contributed by atoms with Gasteiger partial charge < -0.3 is 36.6 Å². The Morgan fingerprint density at radius 3 is 2.37 bits per heavy atom. The lowest BCUT2D eigenvalue weighted by atomic mass is 9.72. The van der Waals surface area contributed by atoms with E-state index in [-0.39, 0.29) is 35.8 Å². The van der Waals surface area contributed by atoms with Gasteiger partial charge in [0.1, 0.15) is 0 Å². The molecule has 2 aliphatic rings. The third kappa shape index (κ3) is 8.38. The second kappa shape index (κ2) is 15.9. The fraction of sp³-hybridized carbons (Fsp3) is 0.471. The smallest absolute Gasteiger partial charge is 0.269 e. The number of hydrogen-bond acceptors (Lipinski definition) is 9. The number of nitrogens with zero attached hydrogens (tertiary/aromatic N) is 3. The summed E-state index contributed by atoms with van der Waals surface area (Å²) in [5, 5.41) is 17.5. The molecule has 0 aromatic heterocycles. The molecule has 2 heterocycles. The minimum atomic E-state index is -0.832. The average Bonchev–Trinajstić information content (AvgIpc) is 3.03. The van der Waals surface area contributed by atoms with Gasteiger partial charge in [0.15, 0.2) is 0 Å². The highest BCUT2D eigenvalue weighted by molar-refractivity contribution is 6.03.